The molecular weight excluding hydrogens is 314 g/mol. The standard InChI is InChI=1S/C12H12BrN3OS/c1-8(13)11(17)15-6-9-7-18-12(16-9)10-4-2-3-5-14-10/h2-5,7-8H,6H2,1H3,(H,15,17). The van der Waals surface area contributed by atoms with Gasteiger partial charge in [0, 0.05) is 11.6 Å². The number of nitrogens with one attached hydrogen (secondary N) is 1. The monoisotopic (exact) mass is 325 g/mol. The van der Waals surface area contributed by atoms with E-state index in [4.69, 9.17) is 0 Å². The number of rotatable bonds is 4. The third-order valence-corrected chi connectivity index (χ3v) is 3.57. The number of carbonyl (C=O) groups excluding carboxylic acids is 1. The highest BCUT2D eigenvalue weighted by Gasteiger charge is 2.10. The molecule has 2 heterocycles. The molecule has 0 aliphatic rings. The average molecular weight is 326 g/mol. The SMILES string of the molecule is CC(Br)C(=O)NCc1csc(-c2ccccn2)n1. The number of carbonyl (C=O) groups is 1. The number of thiazole rings is 1. The summed E-state index contributed by atoms with van der Waals surface area (Å²) in [6.07, 6.45) is 1.74. The molecule has 0 saturated heterocycles. The van der Waals surface area contributed by atoms with E-state index in [-0.39, 0.29) is 10.7 Å². The van der Waals surface area contributed by atoms with Gasteiger partial charge >= 0.3 is 0 Å². The lowest BCUT2D eigenvalue weighted by atomic mass is 10.3. The average Bonchev–Trinajstić information content (AvgIpc) is 2.85. The van der Waals surface area contributed by atoms with Gasteiger partial charge in [0.05, 0.1) is 22.8 Å². The molecule has 1 amide bonds. The molecule has 1 N–H and O–H groups in total. The number of amides is 1. The largest absolute Gasteiger partial charge is 0.349 e. The van der Waals surface area contributed by atoms with Crippen molar-refractivity contribution in [3.63, 3.8) is 0 Å². The molecule has 6 heteroatoms. The van der Waals surface area contributed by atoms with Gasteiger partial charge in [0.25, 0.3) is 0 Å². The molecule has 0 aliphatic carbocycles. The molecule has 0 saturated carbocycles. The maximum absolute atomic E-state index is 11.4. The first-order valence-electron chi connectivity index (χ1n) is 5.44. The molecule has 2 aromatic rings. The molecule has 0 radical (unpaired) electrons. The highest BCUT2D eigenvalue weighted by molar-refractivity contribution is 9.10. The fraction of sp³-hybridized carbons (Fsp3) is 0.250. The van der Waals surface area contributed by atoms with Gasteiger partial charge < -0.3 is 5.32 Å². The van der Waals surface area contributed by atoms with Crippen LogP contribution in [-0.4, -0.2) is 20.7 Å². The van der Waals surface area contributed by atoms with E-state index in [9.17, 15) is 4.79 Å². The lowest BCUT2D eigenvalue weighted by molar-refractivity contribution is -0.120. The quantitative estimate of drug-likeness (QED) is 0.879. The highest BCUT2D eigenvalue weighted by Crippen LogP contribution is 2.21. The van der Waals surface area contributed by atoms with Gasteiger partial charge in [-0.05, 0) is 19.1 Å². The molecule has 1 atom stereocenters. The van der Waals surface area contributed by atoms with Crippen molar-refractivity contribution in [2.75, 3.05) is 0 Å². The Kier molecular flexibility index (Phi) is 4.43. The highest BCUT2D eigenvalue weighted by atomic mass is 79.9. The van der Waals surface area contributed by atoms with Gasteiger partial charge in [-0.3, -0.25) is 9.78 Å². The zero-order valence-corrected chi connectivity index (χ0v) is 12.2. The maximum atomic E-state index is 11.4. The third-order valence-electron chi connectivity index (χ3n) is 2.24. The van der Waals surface area contributed by atoms with Gasteiger partial charge in [0.2, 0.25) is 5.91 Å². The van der Waals surface area contributed by atoms with Crippen LogP contribution in [0.1, 0.15) is 12.6 Å². The Bertz CT molecular complexity index is 527. The second-order valence-corrected chi connectivity index (χ2v) is 5.92. The van der Waals surface area contributed by atoms with Crippen LogP contribution in [-0.2, 0) is 11.3 Å². The first-order valence-corrected chi connectivity index (χ1v) is 7.24. The Labute approximate surface area is 118 Å². The van der Waals surface area contributed by atoms with Crippen molar-refractivity contribution >= 4 is 33.2 Å². The van der Waals surface area contributed by atoms with Crippen molar-refractivity contribution in [2.45, 2.75) is 18.3 Å². The molecular formula is C12H12BrN3OS. The topological polar surface area (TPSA) is 54.9 Å². The van der Waals surface area contributed by atoms with Crippen LogP contribution in [0.2, 0.25) is 0 Å². The van der Waals surface area contributed by atoms with Crippen LogP contribution in [0.5, 0.6) is 0 Å². The molecule has 94 valence electrons. The van der Waals surface area contributed by atoms with Gasteiger partial charge in [-0.15, -0.1) is 11.3 Å². The van der Waals surface area contributed by atoms with Crippen molar-refractivity contribution in [2.24, 2.45) is 0 Å². The third kappa shape index (κ3) is 3.36. The van der Waals surface area contributed by atoms with Crippen LogP contribution in [0.3, 0.4) is 0 Å². The van der Waals surface area contributed by atoms with Crippen molar-refractivity contribution in [1.29, 1.82) is 0 Å². The number of hydrogen-bond acceptors (Lipinski definition) is 4. The number of halogens is 1. The van der Waals surface area contributed by atoms with E-state index in [1.165, 1.54) is 11.3 Å². The number of pyridine rings is 1. The lowest BCUT2D eigenvalue weighted by Crippen LogP contribution is -2.28. The minimum Gasteiger partial charge on any atom is -0.349 e. The van der Waals surface area contributed by atoms with Crippen LogP contribution in [0, 0.1) is 0 Å². The summed E-state index contributed by atoms with van der Waals surface area (Å²) in [5.74, 6) is -0.0395. The van der Waals surface area contributed by atoms with Gasteiger partial charge in [-0.2, -0.15) is 0 Å². The van der Waals surface area contributed by atoms with E-state index in [2.05, 4.69) is 31.2 Å². The van der Waals surface area contributed by atoms with E-state index >= 15 is 0 Å². The lowest BCUT2D eigenvalue weighted by Gasteiger charge is -2.03. The van der Waals surface area contributed by atoms with Gasteiger partial charge in [-0.1, -0.05) is 22.0 Å². The first kappa shape index (κ1) is 13.2. The fourth-order valence-corrected chi connectivity index (χ4v) is 2.27. The Hall–Kier alpha value is -1.27. The summed E-state index contributed by atoms with van der Waals surface area (Å²) < 4.78 is 0. The minimum absolute atomic E-state index is 0.0395. The summed E-state index contributed by atoms with van der Waals surface area (Å²) in [7, 11) is 0. The molecule has 0 fully saturated rings. The normalized spacial score (nSPS) is 12.1. The maximum Gasteiger partial charge on any atom is 0.233 e. The Morgan fingerprint density at radius 1 is 1.56 bits per heavy atom. The predicted molar refractivity (Wildman–Crippen MR) is 75.6 cm³/mol. The van der Waals surface area contributed by atoms with E-state index in [0.29, 0.717) is 6.54 Å². The Morgan fingerprint density at radius 3 is 3.06 bits per heavy atom. The van der Waals surface area contributed by atoms with Crippen LogP contribution in [0.4, 0.5) is 0 Å². The van der Waals surface area contributed by atoms with Gasteiger partial charge in [-0.25, -0.2) is 4.98 Å². The summed E-state index contributed by atoms with van der Waals surface area (Å²) in [6, 6.07) is 5.72. The zero-order chi connectivity index (χ0) is 13.0. The Balaban J connectivity index is 2.01. The predicted octanol–water partition coefficient (Wildman–Crippen LogP) is 2.60. The summed E-state index contributed by atoms with van der Waals surface area (Å²) >= 11 is 4.74. The van der Waals surface area contributed by atoms with Crippen molar-refractivity contribution in [3.05, 3.63) is 35.5 Å². The molecule has 0 aliphatic heterocycles. The number of hydrogen-bond donors (Lipinski definition) is 1. The smallest absolute Gasteiger partial charge is 0.233 e. The van der Waals surface area contributed by atoms with Gasteiger partial charge in [0.1, 0.15) is 5.01 Å². The molecule has 18 heavy (non-hydrogen) atoms. The minimum atomic E-state index is -0.189. The van der Waals surface area contributed by atoms with Crippen LogP contribution in [0.25, 0.3) is 10.7 Å². The molecule has 1 unspecified atom stereocenters. The van der Waals surface area contributed by atoms with Crippen molar-refractivity contribution < 1.29 is 4.79 Å². The second kappa shape index (κ2) is 6.06. The van der Waals surface area contributed by atoms with E-state index in [1.54, 1.807) is 13.1 Å². The molecule has 2 rings (SSSR count). The molecule has 0 aromatic carbocycles. The molecule has 0 spiro atoms. The number of nitrogens with zero attached hydrogens (tertiary/aromatic N) is 2. The zero-order valence-electron chi connectivity index (χ0n) is 9.76. The molecule has 2 aromatic heterocycles. The van der Waals surface area contributed by atoms with Gasteiger partial charge in [0.15, 0.2) is 0 Å². The molecule has 0 bridgehead atoms. The fourth-order valence-electron chi connectivity index (χ4n) is 1.31. The van der Waals surface area contributed by atoms with E-state index in [0.717, 1.165) is 16.4 Å². The summed E-state index contributed by atoms with van der Waals surface area (Å²) in [5.41, 5.74) is 1.70. The van der Waals surface area contributed by atoms with Crippen molar-refractivity contribution in [3.8, 4) is 10.7 Å². The molecule has 4 nitrogen and oxygen atoms in total. The second-order valence-electron chi connectivity index (χ2n) is 3.69. The Morgan fingerprint density at radius 2 is 2.39 bits per heavy atom. The number of alkyl halides is 1. The summed E-state index contributed by atoms with van der Waals surface area (Å²) in [5, 5.41) is 5.60. The van der Waals surface area contributed by atoms with E-state index < -0.39 is 0 Å². The summed E-state index contributed by atoms with van der Waals surface area (Å²) in [4.78, 5) is 19.9. The van der Waals surface area contributed by atoms with Crippen LogP contribution >= 0.6 is 27.3 Å². The first-order chi connectivity index (χ1) is 8.66. The van der Waals surface area contributed by atoms with Crippen molar-refractivity contribution in [1.82, 2.24) is 15.3 Å². The van der Waals surface area contributed by atoms with E-state index in [1.807, 2.05) is 23.6 Å². The number of aromatic nitrogens is 2. The van der Waals surface area contributed by atoms with Crippen LogP contribution in [0.15, 0.2) is 29.8 Å². The summed E-state index contributed by atoms with van der Waals surface area (Å²) in [6.45, 7) is 2.23. The van der Waals surface area contributed by atoms with Crippen LogP contribution < -0.4 is 5.32 Å².